The van der Waals surface area contributed by atoms with Gasteiger partial charge in [-0.2, -0.15) is 0 Å². The van der Waals surface area contributed by atoms with Gasteiger partial charge in [-0.1, -0.05) is 6.92 Å². The van der Waals surface area contributed by atoms with Crippen molar-refractivity contribution in [3.63, 3.8) is 0 Å². The van der Waals surface area contributed by atoms with Crippen molar-refractivity contribution in [2.24, 2.45) is 0 Å². The number of rotatable bonds is 8. The largest absolute Gasteiger partial charge is 0.456 e. The summed E-state index contributed by atoms with van der Waals surface area (Å²) in [5, 5.41) is 2.79. The van der Waals surface area contributed by atoms with Crippen LogP contribution in [0.1, 0.15) is 34.4 Å². The number of hydrogen-bond acceptors (Lipinski definition) is 5. The molecule has 1 N–H and O–H groups in total. The minimum absolute atomic E-state index is 0.282. The molecule has 0 aliphatic heterocycles. The van der Waals surface area contributed by atoms with Crippen LogP contribution in [0.2, 0.25) is 0 Å². The van der Waals surface area contributed by atoms with Crippen LogP contribution in [0.4, 0.5) is 5.82 Å². The Balaban J connectivity index is 2.01. The van der Waals surface area contributed by atoms with Crippen molar-refractivity contribution in [3.8, 4) is 0 Å². The average molecular weight is 331 g/mol. The van der Waals surface area contributed by atoms with Crippen LogP contribution >= 0.6 is 0 Å². The van der Waals surface area contributed by atoms with Gasteiger partial charge in [0, 0.05) is 32.8 Å². The molecule has 0 spiro atoms. The molecule has 0 unspecified atom stereocenters. The van der Waals surface area contributed by atoms with Crippen LogP contribution < -0.4 is 5.32 Å². The summed E-state index contributed by atoms with van der Waals surface area (Å²) in [5.74, 6) is 1.38. The minimum Gasteiger partial charge on any atom is -0.456 e. The van der Waals surface area contributed by atoms with E-state index in [4.69, 9.17) is 9.15 Å². The lowest BCUT2D eigenvalue weighted by atomic mass is 10.2. The van der Waals surface area contributed by atoms with Crippen molar-refractivity contribution >= 4 is 11.7 Å². The van der Waals surface area contributed by atoms with Crippen molar-refractivity contribution < 1.29 is 13.9 Å². The predicted molar refractivity (Wildman–Crippen MR) is 93.2 cm³/mol. The van der Waals surface area contributed by atoms with Gasteiger partial charge in [0.05, 0.1) is 6.61 Å². The van der Waals surface area contributed by atoms with E-state index in [0.29, 0.717) is 18.2 Å². The zero-order valence-corrected chi connectivity index (χ0v) is 14.8. The van der Waals surface area contributed by atoms with Crippen LogP contribution in [0, 0.1) is 6.92 Å². The first-order chi connectivity index (χ1) is 11.5. The molecule has 6 nitrogen and oxygen atoms in total. The molecule has 0 atom stereocenters. The Morgan fingerprint density at radius 2 is 2.21 bits per heavy atom. The third-order valence-electron chi connectivity index (χ3n) is 3.76. The van der Waals surface area contributed by atoms with E-state index < -0.39 is 0 Å². The summed E-state index contributed by atoms with van der Waals surface area (Å²) in [6.07, 6.45) is 2.46. The fourth-order valence-corrected chi connectivity index (χ4v) is 2.44. The smallest absolute Gasteiger partial charge is 0.292 e. The Hall–Kier alpha value is -2.18. The van der Waals surface area contributed by atoms with Gasteiger partial charge in [-0.25, -0.2) is 4.98 Å². The van der Waals surface area contributed by atoms with Gasteiger partial charge in [-0.15, -0.1) is 0 Å². The second-order valence-electron chi connectivity index (χ2n) is 5.80. The quantitative estimate of drug-likeness (QED) is 0.805. The van der Waals surface area contributed by atoms with E-state index in [2.05, 4.69) is 15.2 Å². The molecule has 1 amide bonds. The Labute approximate surface area is 142 Å². The summed E-state index contributed by atoms with van der Waals surface area (Å²) in [6, 6.07) is 5.57. The number of pyridine rings is 1. The van der Waals surface area contributed by atoms with Crippen molar-refractivity contribution in [3.05, 3.63) is 47.0 Å². The van der Waals surface area contributed by atoms with Crippen LogP contribution in [0.25, 0.3) is 0 Å². The first-order valence-corrected chi connectivity index (χ1v) is 8.06. The molecule has 0 aliphatic rings. The summed E-state index contributed by atoms with van der Waals surface area (Å²) in [4.78, 5) is 18.7. The molecule has 0 aromatic carbocycles. The number of nitrogens with one attached hydrogen (secondary N) is 1. The molecule has 0 fully saturated rings. The highest BCUT2D eigenvalue weighted by Gasteiger charge is 2.14. The second kappa shape index (κ2) is 8.61. The first-order valence-electron chi connectivity index (χ1n) is 8.06. The van der Waals surface area contributed by atoms with Crippen LogP contribution in [-0.2, 0) is 17.7 Å². The summed E-state index contributed by atoms with van der Waals surface area (Å²) in [6.45, 7) is 6.22. The van der Waals surface area contributed by atoms with Gasteiger partial charge in [0.1, 0.15) is 11.6 Å². The normalized spacial score (nSPS) is 11.0. The fourth-order valence-electron chi connectivity index (χ4n) is 2.44. The Morgan fingerprint density at radius 3 is 2.88 bits per heavy atom. The van der Waals surface area contributed by atoms with Gasteiger partial charge in [0.25, 0.3) is 5.91 Å². The maximum Gasteiger partial charge on any atom is 0.292 e. The first kappa shape index (κ1) is 18.2. The number of nitrogens with zero attached hydrogens (tertiary/aromatic N) is 2. The van der Waals surface area contributed by atoms with Crippen LogP contribution in [0.15, 0.2) is 28.8 Å². The van der Waals surface area contributed by atoms with Gasteiger partial charge >= 0.3 is 0 Å². The summed E-state index contributed by atoms with van der Waals surface area (Å²) >= 11 is 0. The van der Waals surface area contributed by atoms with Gasteiger partial charge in [0.15, 0.2) is 5.76 Å². The van der Waals surface area contributed by atoms with Gasteiger partial charge in [0.2, 0.25) is 0 Å². The third-order valence-corrected chi connectivity index (χ3v) is 3.76. The van der Waals surface area contributed by atoms with Crippen molar-refractivity contribution in [1.82, 2.24) is 9.88 Å². The molecule has 0 saturated heterocycles. The molecule has 130 valence electrons. The van der Waals surface area contributed by atoms with E-state index in [-0.39, 0.29) is 5.91 Å². The highest BCUT2D eigenvalue weighted by Crippen LogP contribution is 2.17. The maximum atomic E-state index is 12.3. The van der Waals surface area contributed by atoms with E-state index >= 15 is 0 Å². The molecule has 2 heterocycles. The molecular formula is C18H25N3O3. The number of carbonyl (C=O) groups excluding carboxylic acids is 1. The summed E-state index contributed by atoms with van der Waals surface area (Å²) in [7, 11) is 3.71. The van der Waals surface area contributed by atoms with E-state index in [1.54, 1.807) is 19.4 Å². The van der Waals surface area contributed by atoms with Gasteiger partial charge < -0.3 is 14.5 Å². The molecule has 24 heavy (non-hydrogen) atoms. The number of aryl methyl sites for hydroxylation is 2. The Bertz CT molecular complexity index is 682. The number of methoxy groups -OCH3 is 1. The van der Waals surface area contributed by atoms with Gasteiger partial charge in [-0.3, -0.25) is 9.69 Å². The average Bonchev–Trinajstić information content (AvgIpc) is 2.94. The van der Waals surface area contributed by atoms with Crippen molar-refractivity contribution in [2.75, 3.05) is 32.6 Å². The second-order valence-corrected chi connectivity index (χ2v) is 5.80. The van der Waals surface area contributed by atoms with E-state index in [1.807, 2.05) is 33.0 Å². The monoisotopic (exact) mass is 331 g/mol. The van der Waals surface area contributed by atoms with Crippen LogP contribution in [-0.4, -0.2) is 43.1 Å². The highest BCUT2D eigenvalue weighted by atomic mass is 16.5. The molecule has 2 aromatic heterocycles. The SMILES string of the molecule is CCc1oc(C(=O)Nc2cc(CN(C)CCOC)ccn2)cc1C. The minimum atomic E-state index is -0.282. The number of likely N-dealkylation sites (N-methyl/N-ethyl adjacent to an activating group) is 1. The number of anilines is 1. The summed E-state index contributed by atoms with van der Waals surface area (Å²) < 4.78 is 10.6. The van der Waals surface area contributed by atoms with Crippen molar-refractivity contribution in [2.45, 2.75) is 26.8 Å². The van der Waals surface area contributed by atoms with Crippen molar-refractivity contribution in [1.29, 1.82) is 0 Å². The number of furan rings is 1. The van der Waals surface area contributed by atoms with E-state index in [1.165, 1.54) is 0 Å². The van der Waals surface area contributed by atoms with E-state index in [9.17, 15) is 4.79 Å². The molecule has 2 rings (SSSR count). The highest BCUT2D eigenvalue weighted by molar-refractivity contribution is 6.01. The Kier molecular flexibility index (Phi) is 6.52. The Morgan fingerprint density at radius 1 is 1.42 bits per heavy atom. The number of carbonyl (C=O) groups is 1. The topological polar surface area (TPSA) is 67.6 Å². The molecule has 0 aliphatic carbocycles. The number of ether oxygens (including phenoxy) is 1. The molecule has 6 heteroatoms. The van der Waals surface area contributed by atoms with Crippen LogP contribution in [0.5, 0.6) is 0 Å². The maximum absolute atomic E-state index is 12.3. The van der Waals surface area contributed by atoms with Gasteiger partial charge in [-0.05, 0) is 43.3 Å². The lowest BCUT2D eigenvalue weighted by molar-refractivity contribution is 0.0994. The molecule has 2 aromatic rings. The molecule has 0 saturated carbocycles. The molecule has 0 radical (unpaired) electrons. The predicted octanol–water partition coefficient (Wildman–Crippen LogP) is 2.88. The third kappa shape index (κ3) is 4.91. The lowest BCUT2D eigenvalue weighted by Crippen LogP contribution is -2.22. The van der Waals surface area contributed by atoms with Crippen LogP contribution in [0.3, 0.4) is 0 Å². The standard InChI is InChI=1S/C18H25N3O3/c1-5-15-13(2)10-16(24-15)18(22)20-17-11-14(6-7-19-17)12-21(3)8-9-23-4/h6-7,10-11H,5,8-9,12H2,1-4H3,(H,19,20,22). The fraction of sp³-hybridized carbons (Fsp3) is 0.444. The summed E-state index contributed by atoms with van der Waals surface area (Å²) in [5.41, 5.74) is 2.06. The zero-order chi connectivity index (χ0) is 17.5. The zero-order valence-electron chi connectivity index (χ0n) is 14.8. The lowest BCUT2D eigenvalue weighted by Gasteiger charge is -2.16. The number of amides is 1. The molecule has 0 bridgehead atoms. The van der Waals surface area contributed by atoms with E-state index in [0.717, 1.165) is 36.4 Å². The molecular weight excluding hydrogens is 306 g/mol. The number of hydrogen-bond donors (Lipinski definition) is 1. The number of aromatic nitrogens is 1.